The van der Waals surface area contributed by atoms with Crippen LogP contribution in [0, 0.1) is 0 Å². The molecule has 180 valence electrons. The fraction of sp³-hybridized carbons (Fsp3) is 0.323. The van der Waals surface area contributed by atoms with E-state index >= 15 is 0 Å². The summed E-state index contributed by atoms with van der Waals surface area (Å²) >= 11 is 0. The summed E-state index contributed by atoms with van der Waals surface area (Å²) in [5.74, 6) is 1.20. The number of aryl methyl sites for hydroxylation is 1. The molecule has 5 rings (SSSR count). The lowest BCUT2D eigenvalue weighted by Crippen LogP contribution is -2.27. The van der Waals surface area contributed by atoms with Gasteiger partial charge in [-0.05, 0) is 54.5 Å². The second-order valence-corrected chi connectivity index (χ2v) is 9.50. The van der Waals surface area contributed by atoms with Crippen molar-refractivity contribution in [1.82, 2.24) is 0 Å². The first-order valence-electron chi connectivity index (χ1n) is 12.9. The quantitative estimate of drug-likeness (QED) is 0.356. The number of carbonyl (C=O) groups is 1. The second kappa shape index (κ2) is 10.4. The SMILES string of the molecule is CCCCOc1ccccc1C1Nc2ccccc2NC2=C1C(=O)CC(c1ccc(CC)cc1)C2. The zero-order chi connectivity index (χ0) is 24.2. The third kappa shape index (κ3) is 4.84. The molecule has 0 saturated heterocycles. The number of fused-ring (bicyclic) bond motifs is 1. The summed E-state index contributed by atoms with van der Waals surface area (Å²) < 4.78 is 6.19. The van der Waals surface area contributed by atoms with Crippen molar-refractivity contribution in [3.8, 4) is 5.75 Å². The first-order chi connectivity index (χ1) is 17.2. The monoisotopic (exact) mass is 466 g/mol. The molecular weight excluding hydrogens is 432 g/mol. The van der Waals surface area contributed by atoms with Gasteiger partial charge in [-0.15, -0.1) is 0 Å². The van der Waals surface area contributed by atoms with Gasteiger partial charge in [0.15, 0.2) is 5.78 Å². The van der Waals surface area contributed by atoms with Gasteiger partial charge in [-0.25, -0.2) is 0 Å². The summed E-state index contributed by atoms with van der Waals surface area (Å²) in [5, 5.41) is 7.33. The molecule has 0 spiro atoms. The molecule has 2 unspecified atom stereocenters. The average molecular weight is 467 g/mol. The van der Waals surface area contributed by atoms with Crippen molar-refractivity contribution in [2.45, 2.75) is 57.9 Å². The van der Waals surface area contributed by atoms with Gasteiger partial charge in [0.25, 0.3) is 0 Å². The van der Waals surface area contributed by atoms with Crippen LogP contribution in [0.3, 0.4) is 0 Å². The lowest BCUT2D eigenvalue weighted by Gasteiger charge is -2.30. The molecular formula is C31H34N2O2. The number of ketones is 1. The second-order valence-electron chi connectivity index (χ2n) is 9.50. The molecule has 4 nitrogen and oxygen atoms in total. The molecule has 0 bridgehead atoms. The molecule has 35 heavy (non-hydrogen) atoms. The number of ether oxygens (including phenoxy) is 1. The van der Waals surface area contributed by atoms with Crippen molar-refractivity contribution >= 4 is 17.2 Å². The van der Waals surface area contributed by atoms with Crippen molar-refractivity contribution < 1.29 is 9.53 Å². The Balaban J connectivity index is 1.56. The van der Waals surface area contributed by atoms with Gasteiger partial charge in [0.2, 0.25) is 0 Å². The molecule has 0 aromatic heterocycles. The minimum Gasteiger partial charge on any atom is -0.493 e. The van der Waals surface area contributed by atoms with E-state index in [-0.39, 0.29) is 17.7 Å². The molecule has 0 saturated carbocycles. The zero-order valence-corrected chi connectivity index (χ0v) is 20.6. The molecule has 3 aromatic rings. The minimum atomic E-state index is -0.269. The number of benzene rings is 3. The van der Waals surface area contributed by atoms with Crippen LogP contribution in [0.4, 0.5) is 11.4 Å². The molecule has 2 atom stereocenters. The van der Waals surface area contributed by atoms with Crippen LogP contribution in [0.15, 0.2) is 84.1 Å². The van der Waals surface area contributed by atoms with E-state index in [0.717, 1.165) is 59.6 Å². The van der Waals surface area contributed by atoms with Gasteiger partial charge in [0, 0.05) is 23.3 Å². The van der Waals surface area contributed by atoms with Gasteiger partial charge in [0.1, 0.15) is 5.75 Å². The zero-order valence-electron chi connectivity index (χ0n) is 20.6. The van der Waals surface area contributed by atoms with E-state index in [1.165, 1.54) is 11.1 Å². The van der Waals surface area contributed by atoms with Crippen LogP contribution >= 0.6 is 0 Å². The Kier molecular flexibility index (Phi) is 6.89. The predicted molar refractivity (Wildman–Crippen MR) is 143 cm³/mol. The highest BCUT2D eigenvalue weighted by Gasteiger charge is 2.37. The van der Waals surface area contributed by atoms with Crippen LogP contribution in [-0.4, -0.2) is 12.4 Å². The van der Waals surface area contributed by atoms with Crippen molar-refractivity contribution in [3.63, 3.8) is 0 Å². The maximum Gasteiger partial charge on any atom is 0.163 e. The summed E-state index contributed by atoms with van der Waals surface area (Å²) in [6.07, 6.45) is 4.42. The van der Waals surface area contributed by atoms with Crippen molar-refractivity contribution in [3.05, 3.63) is 101 Å². The molecule has 0 amide bonds. The number of hydrogen-bond donors (Lipinski definition) is 2. The highest BCUT2D eigenvalue weighted by molar-refractivity contribution is 6.01. The Morgan fingerprint density at radius 2 is 1.63 bits per heavy atom. The van der Waals surface area contributed by atoms with Crippen LogP contribution < -0.4 is 15.4 Å². The maximum atomic E-state index is 13.8. The van der Waals surface area contributed by atoms with E-state index in [1.807, 2.05) is 30.3 Å². The highest BCUT2D eigenvalue weighted by Crippen LogP contribution is 2.45. The number of para-hydroxylation sites is 3. The lowest BCUT2D eigenvalue weighted by molar-refractivity contribution is -0.116. The molecule has 1 aliphatic carbocycles. The van der Waals surface area contributed by atoms with Crippen LogP contribution in [-0.2, 0) is 11.2 Å². The molecule has 1 aliphatic heterocycles. The largest absolute Gasteiger partial charge is 0.493 e. The van der Waals surface area contributed by atoms with Crippen LogP contribution in [0.2, 0.25) is 0 Å². The smallest absolute Gasteiger partial charge is 0.163 e. The third-order valence-corrected chi connectivity index (χ3v) is 7.15. The third-order valence-electron chi connectivity index (χ3n) is 7.15. The Morgan fingerprint density at radius 1 is 0.886 bits per heavy atom. The van der Waals surface area contributed by atoms with Gasteiger partial charge in [-0.2, -0.15) is 0 Å². The number of anilines is 2. The van der Waals surface area contributed by atoms with Crippen LogP contribution in [0.5, 0.6) is 5.75 Å². The number of Topliss-reactive ketones (excluding diaryl/α,β-unsaturated/α-hetero) is 1. The molecule has 3 aromatic carbocycles. The Labute approximate surface area is 208 Å². The van der Waals surface area contributed by atoms with Gasteiger partial charge < -0.3 is 15.4 Å². The molecule has 0 fully saturated rings. The lowest BCUT2D eigenvalue weighted by atomic mass is 9.78. The van der Waals surface area contributed by atoms with E-state index in [1.54, 1.807) is 0 Å². The van der Waals surface area contributed by atoms with Gasteiger partial charge in [-0.3, -0.25) is 4.79 Å². The fourth-order valence-corrected chi connectivity index (χ4v) is 5.16. The summed E-state index contributed by atoms with van der Waals surface area (Å²) in [6, 6.07) is 24.8. The number of nitrogens with one attached hydrogen (secondary N) is 2. The number of allylic oxidation sites excluding steroid dienone is 1. The fourth-order valence-electron chi connectivity index (χ4n) is 5.16. The summed E-state index contributed by atoms with van der Waals surface area (Å²) in [5.41, 5.74) is 7.39. The Bertz CT molecular complexity index is 1230. The molecule has 1 heterocycles. The first kappa shape index (κ1) is 23.2. The van der Waals surface area contributed by atoms with Crippen molar-refractivity contribution in [1.29, 1.82) is 0 Å². The molecule has 2 N–H and O–H groups in total. The molecule has 2 aliphatic rings. The summed E-state index contributed by atoms with van der Waals surface area (Å²) in [7, 11) is 0. The summed E-state index contributed by atoms with van der Waals surface area (Å²) in [4.78, 5) is 13.8. The van der Waals surface area contributed by atoms with Crippen LogP contribution in [0.1, 0.15) is 68.2 Å². The maximum absolute atomic E-state index is 13.8. The topological polar surface area (TPSA) is 50.4 Å². The molecule has 4 heteroatoms. The van der Waals surface area contributed by atoms with E-state index in [0.29, 0.717) is 13.0 Å². The number of carbonyl (C=O) groups excluding carboxylic acids is 1. The van der Waals surface area contributed by atoms with Gasteiger partial charge in [0.05, 0.1) is 24.0 Å². The standard InChI is InChI=1S/C31H34N2O2/c1-3-5-18-35-29-13-9-6-10-24(29)31-30-27(32-25-11-7-8-12-26(25)33-31)19-23(20-28(30)34)22-16-14-21(4-2)15-17-22/h6-17,23,31-33H,3-5,18-20H2,1-2H3. The number of hydrogen-bond acceptors (Lipinski definition) is 4. The Hall–Kier alpha value is -3.53. The highest BCUT2D eigenvalue weighted by atomic mass is 16.5. The number of unbranched alkanes of at least 4 members (excludes halogenated alkanes) is 1. The van der Waals surface area contributed by atoms with E-state index in [4.69, 9.17) is 4.74 Å². The van der Waals surface area contributed by atoms with E-state index in [2.05, 4.69) is 66.9 Å². The van der Waals surface area contributed by atoms with E-state index < -0.39 is 0 Å². The first-order valence-corrected chi connectivity index (χ1v) is 12.9. The van der Waals surface area contributed by atoms with Gasteiger partial charge in [-0.1, -0.05) is 74.9 Å². The minimum absolute atomic E-state index is 0.168. The number of rotatable bonds is 7. The Morgan fingerprint density at radius 3 is 2.40 bits per heavy atom. The summed E-state index contributed by atoms with van der Waals surface area (Å²) in [6.45, 7) is 5.00. The predicted octanol–water partition coefficient (Wildman–Crippen LogP) is 7.41. The molecule has 0 radical (unpaired) electrons. The average Bonchev–Trinajstić information content (AvgIpc) is 3.06. The van der Waals surface area contributed by atoms with E-state index in [9.17, 15) is 4.79 Å². The van der Waals surface area contributed by atoms with Gasteiger partial charge >= 0.3 is 0 Å². The normalized spacial score (nSPS) is 19.2. The van der Waals surface area contributed by atoms with Crippen molar-refractivity contribution in [2.24, 2.45) is 0 Å². The van der Waals surface area contributed by atoms with Crippen molar-refractivity contribution in [2.75, 3.05) is 17.2 Å². The van der Waals surface area contributed by atoms with Crippen LogP contribution in [0.25, 0.3) is 0 Å².